The third kappa shape index (κ3) is 5.56. The summed E-state index contributed by atoms with van der Waals surface area (Å²) >= 11 is 6.25. The van der Waals surface area contributed by atoms with Crippen molar-refractivity contribution in [2.45, 2.75) is 31.7 Å². The van der Waals surface area contributed by atoms with Crippen molar-refractivity contribution in [3.05, 3.63) is 88.3 Å². The second kappa shape index (κ2) is 10.3. The predicted molar refractivity (Wildman–Crippen MR) is 122 cm³/mol. The first-order valence-corrected chi connectivity index (χ1v) is 11.2. The zero-order valence-corrected chi connectivity index (χ0v) is 18.9. The van der Waals surface area contributed by atoms with E-state index in [0.717, 1.165) is 30.7 Å². The van der Waals surface area contributed by atoms with E-state index in [1.165, 1.54) is 6.07 Å². The minimum atomic E-state index is -0.249. The van der Waals surface area contributed by atoms with E-state index in [0.29, 0.717) is 36.0 Å². The molecule has 1 amide bonds. The number of likely N-dealkylation sites (N-methyl/N-ethyl adjacent to an activating group) is 1. The van der Waals surface area contributed by atoms with Crippen LogP contribution in [0.1, 0.15) is 41.5 Å². The summed E-state index contributed by atoms with van der Waals surface area (Å²) < 4.78 is 19.9. The summed E-state index contributed by atoms with van der Waals surface area (Å²) in [6.07, 6.45) is 4.17. The minimum Gasteiger partial charge on any atom is -0.445 e. The number of carbonyl (C=O) groups is 1. The van der Waals surface area contributed by atoms with Gasteiger partial charge in [-0.1, -0.05) is 48.0 Å². The smallest absolute Gasteiger partial charge is 0.236 e. The first-order valence-electron chi connectivity index (χ1n) is 10.9. The van der Waals surface area contributed by atoms with Crippen molar-refractivity contribution in [1.29, 1.82) is 0 Å². The molecule has 2 heterocycles. The van der Waals surface area contributed by atoms with Crippen LogP contribution in [0.4, 0.5) is 4.39 Å². The third-order valence-electron chi connectivity index (χ3n) is 5.82. The Balaban J connectivity index is 1.34. The van der Waals surface area contributed by atoms with Crippen LogP contribution in [0.2, 0.25) is 5.02 Å². The van der Waals surface area contributed by atoms with Gasteiger partial charge in [-0.25, -0.2) is 9.37 Å². The van der Waals surface area contributed by atoms with E-state index in [1.54, 1.807) is 24.4 Å². The molecule has 0 bridgehead atoms. The lowest BCUT2D eigenvalue weighted by molar-refractivity contribution is -0.133. The largest absolute Gasteiger partial charge is 0.445 e. The maximum absolute atomic E-state index is 13.9. The highest BCUT2D eigenvalue weighted by molar-refractivity contribution is 6.31. The molecule has 1 fully saturated rings. The number of carbonyl (C=O) groups excluding carboxylic acids is 1. The van der Waals surface area contributed by atoms with Gasteiger partial charge in [0.05, 0.1) is 18.7 Å². The monoisotopic (exact) mass is 455 g/mol. The average Bonchev–Trinajstić information content (AvgIpc) is 3.26. The Hall–Kier alpha value is -2.70. The van der Waals surface area contributed by atoms with Gasteiger partial charge in [0.25, 0.3) is 0 Å². The van der Waals surface area contributed by atoms with E-state index in [2.05, 4.69) is 4.98 Å². The third-order valence-corrected chi connectivity index (χ3v) is 6.19. The van der Waals surface area contributed by atoms with Crippen LogP contribution in [0.5, 0.6) is 0 Å². The molecule has 32 heavy (non-hydrogen) atoms. The maximum Gasteiger partial charge on any atom is 0.236 e. The molecule has 3 aromatic rings. The highest BCUT2D eigenvalue weighted by atomic mass is 35.5. The molecule has 1 aromatic heterocycles. The second-order valence-corrected chi connectivity index (χ2v) is 8.78. The van der Waals surface area contributed by atoms with Crippen LogP contribution in [0.25, 0.3) is 0 Å². The number of nitrogens with zero attached hydrogens (tertiary/aromatic N) is 3. The molecule has 5 nitrogen and oxygen atoms in total. The first-order chi connectivity index (χ1) is 15.5. The summed E-state index contributed by atoms with van der Waals surface area (Å²) in [7, 11) is 1.83. The number of hydrogen-bond donors (Lipinski definition) is 0. The van der Waals surface area contributed by atoms with E-state index >= 15 is 0 Å². The van der Waals surface area contributed by atoms with Gasteiger partial charge in [-0.3, -0.25) is 9.69 Å². The van der Waals surface area contributed by atoms with Crippen molar-refractivity contribution in [3.8, 4) is 0 Å². The van der Waals surface area contributed by atoms with E-state index in [9.17, 15) is 9.18 Å². The lowest BCUT2D eigenvalue weighted by Crippen LogP contribution is -2.43. The summed E-state index contributed by atoms with van der Waals surface area (Å²) in [5.41, 5.74) is 1.58. The molecular weight excluding hydrogens is 429 g/mol. The molecule has 0 radical (unpaired) electrons. The Morgan fingerprint density at radius 3 is 2.75 bits per heavy atom. The zero-order chi connectivity index (χ0) is 22.5. The van der Waals surface area contributed by atoms with Gasteiger partial charge in [0.2, 0.25) is 5.91 Å². The Kier molecular flexibility index (Phi) is 7.22. The molecule has 4 rings (SSSR count). The first kappa shape index (κ1) is 22.5. The molecule has 0 aliphatic carbocycles. The number of aromatic nitrogens is 1. The molecule has 1 atom stereocenters. The normalized spacial score (nSPS) is 16.5. The highest BCUT2D eigenvalue weighted by Crippen LogP contribution is 2.28. The lowest BCUT2D eigenvalue weighted by Gasteiger charge is -2.32. The number of rotatable bonds is 7. The van der Waals surface area contributed by atoms with Crippen LogP contribution in [0.3, 0.4) is 0 Å². The van der Waals surface area contributed by atoms with E-state index < -0.39 is 0 Å². The van der Waals surface area contributed by atoms with Gasteiger partial charge in [0, 0.05) is 36.6 Å². The Morgan fingerprint density at radius 2 is 1.97 bits per heavy atom. The topological polar surface area (TPSA) is 49.6 Å². The van der Waals surface area contributed by atoms with Crippen molar-refractivity contribution in [2.24, 2.45) is 0 Å². The standard InChI is InChI=1S/C25H27ClFN3O2/c1-29(15-19-8-3-5-11-23(19)27)17-24(31)30-12-6-9-20(16-30)25-28-14-21(32-25)13-18-7-2-4-10-22(18)26/h2-5,7-8,10-11,14,20H,6,9,12-13,15-17H2,1H3/t20-/m1/s1. The van der Waals surface area contributed by atoms with Crippen molar-refractivity contribution in [3.63, 3.8) is 0 Å². The Bertz CT molecular complexity index is 1070. The van der Waals surface area contributed by atoms with Gasteiger partial charge in [-0.2, -0.15) is 0 Å². The summed E-state index contributed by atoms with van der Waals surface area (Å²) in [6.45, 7) is 1.93. The van der Waals surface area contributed by atoms with Gasteiger partial charge < -0.3 is 9.32 Å². The SMILES string of the molecule is CN(CC(=O)N1CCC[C@@H](c2ncc(Cc3ccccc3Cl)o2)C1)Cc1ccccc1F. The lowest BCUT2D eigenvalue weighted by atomic mass is 9.98. The molecule has 1 saturated heterocycles. The molecule has 7 heteroatoms. The number of oxazole rings is 1. The van der Waals surface area contributed by atoms with Crippen molar-refractivity contribution < 1.29 is 13.6 Å². The molecule has 0 N–H and O–H groups in total. The van der Waals surface area contributed by atoms with Crippen LogP contribution in [0.15, 0.2) is 59.1 Å². The molecule has 168 valence electrons. The Labute approximate surface area is 192 Å². The van der Waals surface area contributed by atoms with Crippen molar-refractivity contribution >= 4 is 17.5 Å². The molecule has 0 spiro atoms. The fraction of sp³-hybridized carbons (Fsp3) is 0.360. The molecule has 1 aliphatic rings. The van der Waals surface area contributed by atoms with Crippen LogP contribution in [-0.4, -0.2) is 47.4 Å². The number of benzene rings is 2. The number of piperidine rings is 1. The number of halogens is 2. The molecule has 0 unspecified atom stereocenters. The fourth-order valence-corrected chi connectivity index (χ4v) is 4.33. The number of likely N-dealkylation sites (tertiary alicyclic amines) is 1. The van der Waals surface area contributed by atoms with Crippen LogP contribution >= 0.6 is 11.6 Å². The van der Waals surface area contributed by atoms with Gasteiger partial charge in [-0.05, 0) is 37.6 Å². The van der Waals surface area contributed by atoms with Gasteiger partial charge >= 0.3 is 0 Å². The fourth-order valence-electron chi connectivity index (χ4n) is 4.13. The van der Waals surface area contributed by atoms with E-state index in [1.807, 2.05) is 41.1 Å². The van der Waals surface area contributed by atoms with E-state index in [-0.39, 0.29) is 24.2 Å². The Morgan fingerprint density at radius 1 is 1.22 bits per heavy atom. The summed E-state index contributed by atoms with van der Waals surface area (Å²) in [4.78, 5) is 21.1. The number of amides is 1. The molecule has 1 aliphatic heterocycles. The van der Waals surface area contributed by atoms with Crippen molar-refractivity contribution in [1.82, 2.24) is 14.8 Å². The van der Waals surface area contributed by atoms with Crippen LogP contribution in [0, 0.1) is 5.82 Å². The molecular formula is C25H27ClFN3O2. The van der Waals surface area contributed by atoms with Crippen molar-refractivity contribution in [2.75, 3.05) is 26.7 Å². The number of hydrogen-bond acceptors (Lipinski definition) is 4. The quantitative estimate of drug-likeness (QED) is 0.508. The maximum atomic E-state index is 13.9. The van der Waals surface area contributed by atoms with Crippen LogP contribution in [-0.2, 0) is 17.8 Å². The molecule has 2 aromatic carbocycles. The van der Waals surface area contributed by atoms with Gasteiger partial charge in [0.15, 0.2) is 5.89 Å². The predicted octanol–water partition coefficient (Wildman–Crippen LogP) is 4.90. The zero-order valence-electron chi connectivity index (χ0n) is 18.1. The summed E-state index contributed by atoms with van der Waals surface area (Å²) in [5, 5.41) is 0.708. The van der Waals surface area contributed by atoms with Crippen LogP contribution < -0.4 is 0 Å². The van der Waals surface area contributed by atoms with E-state index in [4.69, 9.17) is 16.0 Å². The minimum absolute atomic E-state index is 0.0383. The van der Waals surface area contributed by atoms with Gasteiger partial charge in [0.1, 0.15) is 11.6 Å². The second-order valence-electron chi connectivity index (χ2n) is 8.38. The van der Waals surface area contributed by atoms with Gasteiger partial charge in [-0.15, -0.1) is 0 Å². The highest BCUT2D eigenvalue weighted by Gasteiger charge is 2.28. The average molecular weight is 456 g/mol. The summed E-state index contributed by atoms with van der Waals surface area (Å²) in [5.74, 6) is 1.30. The molecule has 0 saturated carbocycles. The summed E-state index contributed by atoms with van der Waals surface area (Å²) in [6, 6.07) is 14.4.